The normalized spacial score (nSPS) is 12.1. The van der Waals surface area contributed by atoms with Crippen LogP contribution in [0.4, 0.5) is 0 Å². The maximum Gasteiger partial charge on any atom is 0.333 e. The first kappa shape index (κ1) is 19.7. The van der Waals surface area contributed by atoms with Gasteiger partial charge in [-0.25, -0.2) is 4.79 Å². The Morgan fingerprint density at radius 1 is 1.25 bits per heavy atom. The summed E-state index contributed by atoms with van der Waals surface area (Å²) in [5, 5.41) is 8.89. The number of ether oxygens (including phenoxy) is 1. The van der Waals surface area contributed by atoms with E-state index in [1.807, 2.05) is 24.3 Å². The molecule has 0 aromatic heterocycles. The Labute approximate surface area is 144 Å². The number of benzene rings is 1. The van der Waals surface area contributed by atoms with E-state index in [0.717, 1.165) is 0 Å². The van der Waals surface area contributed by atoms with Crippen LogP contribution in [0.5, 0.6) is 0 Å². The fourth-order valence-electron chi connectivity index (χ4n) is 2.32. The highest BCUT2D eigenvalue weighted by Gasteiger charge is 2.32. The number of hydrogen-bond donors (Lipinski definition) is 0. The lowest BCUT2D eigenvalue weighted by molar-refractivity contribution is -0.155. The minimum absolute atomic E-state index is 0.00106. The molecule has 0 saturated heterocycles. The van der Waals surface area contributed by atoms with Crippen LogP contribution in [-0.2, 0) is 14.3 Å². The Morgan fingerprint density at radius 3 is 2.38 bits per heavy atom. The number of rotatable bonds is 7. The summed E-state index contributed by atoms with van der Waals surface area (Å²) in [6, 6.07) is 10.1. The SMILES string of the molecule is CCOC(=O)C(c1ccccc1)N(CCC(C)(C)C)C(=O)CC#N. The standard InChI is InChI=1S/C19H26N2O3/c1-5-24-18(23)17(15-9-7-6-8-10-15)21(16(22)11-13-20)14-12-19(2,3)4/h6-10,17H,5,11-12,14H2,1-4H3. The van der Waals surface area contributed by atoms with Gasteiger partial charge in [0.15, 0.2) is 6.04 Å². The minimum atomic E-state index is -0.825. The van der Waals surface area contributed by atoms with Gasteiger partial charge in [-0.1, -0.05) is 51.1 Å². The highest BCUT2D eigenvalue weighted by molar-refractivity contribution is 5.86. The molecule has 1 rings (SSSR count). The summed E-state index contributed by atoms with van der Waals surface area (Å²) in [5.41, 5.74) is 0.692. The maximum atomic E-state index is 12.5. The molecule has 130 valence electrons. The molecule has 5 nitrogen and oxygen atoms in total. The zero-order valence-corrected chi connectivity index (χ0v) is 14.9. The van der Waals surface area contributed by atoms with Gasteiger partial charge in [-0.2, -0.15) is 5.26 Å². The molecular weight excluding hydrogens is 304 g/mol. The summed E-state index contributed by atoms with van der Waals surface area (Å²) in [6.07, 6.45) is 0.458. The van der Waals surface area contributed by atoms with Crippen molar-refractivity contribution in [2.24, 2.45) is 5.41 Å². The Bertz CT molecular complexity index is 585. The molecule has 0 aliphatic heterocycles. The fraction of sp³-hybridized carbons (Fsp3) is 0.526. The Hall–Kier alpha value is -2.35. The molecule has 0 aliphatic rings. The third-order valence-electron chi connectivity index (χ3n) is 3.59. The Morgan fingerprint density at radius 2 is 1.88 bits per heavy atom. The highest BCUT2D eigenvalue weighted by Crippen LogP contribution is 2.27. The molecule has 24 heavy (non-hydrogen) atoms. The van der Waals surface area contributed by atoms with E-state index in [2.05, 4.69) is 20.8 Å². The second-order valence-electron chi connectivity index (χ2n) is 6.80. The molecule has 0 saturated carbocycles. The predicted molar refractivity (Wildman–Crippen MR) is 91.8 cm³/mol. The van der Waals surface area contributed by atoms with E-state index in [-0.39, 0.29) is 24.3 Å². The molecule has 0 heterocycles. The average molecular weight is 330 g/mol. The second kappa shape index (κ2) is 9.07. The molecule has 0 N–H and O–H groups in total. The first-order valence-electron chi connectivity index (χ1n) is 8.18. The molecular formula is C19H26N2O3. The van der Waals surface area contributed by atoms with Gasteiger partial charge in [0.25, 0.3) is 0 Å². The molecule has 0 spiro atoms. The molecule has 0 fully saturated rings. The van der Waals surface area contributed by atoms with Crippen LogP contribution in [0.2, 0.25) is 0 Å². The number of nitrogens with zero attached hydrogens (tertiary/aromatic N) is 2. The maximum absolute atomic E-state index is 12.5. The van der Waals surface area contributed by atoms with Crippen molar-refractivity contribution in [3.05, 3.63) is 35.9 Å². The summed E-state index contributed by atoms with van der Waals surface area (Å²) in [5.74, 6) is -0.826. The zero-order chi connectivity index (χ0) is 18.2. The van der Waals surface area contributed by atoms with Gasteiger partial charge in [0.2, 0.25) is 5.91 Å². The number of amides is 1. The quantitative estimate of drug-likeness (QED) is 0.718. The van der Waals surface area contributed by atoms with E-state index >= 15 is 0 Å². The van der Waals surface area contributed by atoms with Crippen molar-refractivity contribution in [3.63, 3.8) is 0 Å². The lowest BCUT2D eigenvalue weighted by atomic mass is 9.91. The fourth-order valence-corrected chi connectivity index (χ4v) is 2.32. The number of hydrogen-bond acceptors (Lipinski definition) is 4. The summed E-state index contributed by atoms with van der Waals surface area (Å²) in [6.45, 7) is 8.58. The van der Waals surface area contributed by atoms with Crippen LogP contribution in [0.15, 0.2) is 30.3 Å². The van der Waals surface area contributed by atoms with Crippen LogP contribution in [0, 0.1) is 16.7 Å². The summed E-state index contributed by atoms with van der Waals surface area (Å²) in [7, 11) is 0. The lowest BCUT2D eigenvalue weighted by Crippen LogP contribution is -2.41. The van der Waals surface area contributed by atoms with E-state index < -0.39 is 12.0 Å². The van der Waals surface area contributed by atoms with Crippen LogP contribution in [0.3, 0.4) is 0 Å². The first-order chi connectivity index (χ1) is 11.3. The average Bonchev–Trinajstić information content (AvgIpc) is 2.51. The van der Waals surface area contributed by atoms with Crippen LogP contribution in [-0.4, -0.2) is 29.9 Å². The first-order valence-corrected chi connectivity index (χ1v) is 8.18. The largest absolute Gasteiger partial charge is 0.464 e. The minimum Gasteiger partial charge on any atom is -0.464 e. The Kier molecular flexibility index (Phi) is 7.44. The number of nitriles is 1. The van der Waals surface area contributed by atoms with Crippen LogP contribution in [0.25, 0.3) is 0 Å². The topological polar surface area (TPSA) is 70.4 Å². The van der Waals surface area contributed by atoms with Gasteiger partial charge in [-0.05, 0) is 24.3 Å². The molecule has 5 heteroatoms. The summed E-state index contributed by atoms with van der Waals surface area (Å²) in [4.78, 5) is 26.5. The number of carbonyl (C=O) groups is 2. The van der Waals surface area contributed by atoms with E-state index in [4.69, 9.17) is 10.00 Å². The molecule has 0 radical (unpaired) electrons. The molecule has 1 aromatic rings. The molecule has 0 aliphatic carbocycles. The highest BCUT2D eigenvalue weighted by atomic mass is 16.5. The second-order valence-corrected chi connectivity index (χ2v) is 6.80. The predicted octanol–water partition coefficient (Wildman–Crippen LogP) is 3.47. The number of esters is 1. The van der Waals surface area contributed by atoms with Crippen molar-refractivity contribution in [2.75, 3.05) is 13.2 Å². The van der Waals surface area contributed by atoms with Gasteiger partial charge in [0, 0.05) is 6.54 Å². The third kappa shape index (κ3) is 6.04. The molecule has 0 bridgehead atoms. The monoisotopic (exact) mass is 330 g/mol. The molecule has 1 aromatic carbocycles. The van der Waals surface area contributed by atoms with Crippen LogP contribution < -0.4 is 0 Å². The van der Waals surface area contributed by atoms with Crippen molar-refractivity contribution in [1.29, 1.82) is 5.26 Å². The molecule has 1 unspecified atom stereocenters. The lowest BCUT2D eigenvalue weighted by Gasteiger charge is -2.32. The smallest absolute Gasteiger partial charge is 0.333 e. The van der Waals surface area contributed by atoms with Crippen molar-refractivity contribution < 1.29 is 14.3 Å². The van der Waals surface area contributed by atoms with Crippen LogP contribution in [0.1, 0.15) is 52.1 Å². The summed E-state index contributed by atoms with van der Waals surface area (Å²) >= 11 is 0. The van der Waals surface area contributed by atoms with E-state index in [9.17, 15) is 9.59 Å². The van der Waals surface area contributed by atoms with Gasteiger partial charge in [0.1, 0.15) is 6.42 Å². The van der Waals surface area contributed by atoms with E-state index in [1.165, 1.54) is 4.90 Å². The zero-order valence-electron chi connectivity index (χ0n) is 14.9. The molecule has 1 atom stereocenters. The van der Waals surface area contributed by atoms with Crippen LogP contribution >= 0.6 is 0 Å². The van der Waals surface area contributed by atoms with E-state index in [1.54, 1.807) is 19.1 Å². The van der Waals surface area contributed by atoms with Gasteiger partial charge >= 0.3 is 5.97 Å². The molecule has 1 amide bonds. The van der Waals surface area contributed by atoms with E-state index in [0.29, 0.717) is 18.5 Å². The van der Waals surface area contributed by atoms with Gasteiger partial charge in [0.05, 0.1) is 12.7 Å². The van der Waals surface area contributed by atoms with Crippen molar-refractivity contribution in [2.45, 2.75) is 46.6 Å². The van der Waals surface area contributed by atoms with Gasteiger partial charge < -0.3 is 9.64 Å². The van der Waals surface area contributed by atoms with Gasteiger partial charge in [-0.15, -0.1) is 0 Å². The number of carbonyl (C=O) groups excluding carboxylic acids is 2. The summed E-state index contributed by atoms with van der Waals surface area (Å²) < 4.78 is 5.18. The third-order valence-corrected chi connectivity index (χ3v) is 3.59. The van der Waals surface area contributed by atoms with Gasteiger partial charge in [-0.3, -0.25) is 4.79 Å². The van der Waals surface area contributed by atoms with Crippen molar-refractivity contribution >= 4 is 11.9 Å². The van der Waals surface area contributed by atoms with Crippen molar-refractivity contribution in [3.8, 4) is 6.07 Å². The van der Waals surface area contributed by atoms with Crippen molar-refractivity contribution in [1.82, 2.24) is 4.90 Å². The Balaban J connectivity index is 3.20.